The molecule has 0 N–H and O–H groups in total. The van der Waals surface area contributed by atoms with E-state index in [-0.39, 0.29) is 4.83 Å². The number of hydrogen-bond acceptors (Lipinski definition) is 3. The lowest BCUT2D eigenvalue weighted by Crippen LogP contribution is -1.90. The van der Waals surface area contributed by atoms with Gasteiger partial charge in [0.25, 0.3) is 0 Å². The number of aryl methyl sites for hydroxylation is 1. The first kappa shape index (κ1) is 12.6. The van der Waals surface area contributed by atoms with E-state index < -0.39 is 0 Å². The molecule has 0 aliphatic heterocycles. The standard InChI is InChI=1S/C11H10Br2OS2/c1-6-5-8(16-11(6)13)9(12)10-7(14-2)3-4-15-10/h3-5,9H,1-2H3. The summed E-state index contributed by atoms with van der Waals surface area (Å²) >= 11 is 10.8. The zero-order valence-electron chi connectivity index (χ0n) is 8.79. The first-order valence-electron chi connectivity index (χ1n) is 4.64. The fraction of sp³-hybridized carbons (Fsp3) is 0.273. The van der Waals surface area contributed by atoms with Crippen LogP contribution in [-0.2, 0) is 0 Å². The average molecular weight is 382 g/mol. The average Bonchev–Trinajstić information content (AvgIpc) is 2.85. The van der Waals surface area contributed by atoms with E-state index in [4.69, 9.17) is 4.74 Å². The molecule has 0 bridgehead atoms. The van der Waals surface area contributed by atoms with Gasteiger partial charge in [-0.2, -0.15) is 0 Å². The highest BCUT2D eigenvalue weighted by Crippen LogP contribution is 2.44. The summed E-state index contributed by atoms with van der Waals surface area (Å²) in [5, 5.41) is 2.05. The molecule has 5 heteroatoms. The third-order valence-corrected chi connectivity index (χ3v) is 6.96. The second-order valence-electron chi connectivity index (χ2n) is 3.32. The lowest BCUT2D eigenvalue weighted by molar-refractivity contribution is 0.413. The van der Waals surface area contributed by atoms with Gasteiger partial charge in [0.2, 0.25) is 0 Å². The molecule has 0 aliphatic carbocycles. The van der Waals surface area contributed by atoms with E-state index in [2.05, 4.69) is 50.2 Å². The third-order valence-electron chi connectivity index (χ3n) is 2.23. The van der Waals surface area contributed by atoms with Gasteiger partial charge in [-0.1, -0.05) is 15.9 Å². The number of rotatable bonds is 3. The number of halogens is 2. The molecule has 16 heavy (non-hydrogen) atoms. The summed E-state index contributed by atoms with van der Waals surface area (Å²) in [5.41, 5.74) is 1.28. The van der Waals surface area contributed by atoms with Crippen molar-refractivity contribution < 1.29 is 4.74 Å². The number of methoxy groups -OCH3 is 1. The Labute approximate surface area is 120 Å². The summed E-state index contributed by atoms with van der Waals surface area (Å²) in [7, 11) is 1.71. The van der Waals surface area contributed by atoms with Gasteiger partial charge in [-0.3, -0.25) is 0 Å². The quantitative estimate of drug-likeness (QED) is 0.649. The summed E-state index contributed by atoms with van der Waals surface area (Å²) in [6.45, 7) is 2.11. The summed E-state index contributed by atoms with van der Waals surface area (Å²) in [6, 6.07) is 4.21. The maximum absolute atomic E-state index is 5.34. The van der Waals surface area contributed by atoms with E-state index in [9.17, 15) is 0 Å². The maximum Gasteiger partial charge on any atom is 0.134 e. The van der Waals surface area contributed by atoms with Gasteiger partial charge in [0.15, 0.2) is 0 Å². The summed E-state index contributed by atoms with van der Waals surface area (Å²) in [5.74, 6) is 0.953. The van der Waals surface area contributed by atoms with Gasteiger partial charge in [0, 0.05) is 4.88 Å². The molecule has 1 unspecified atom stereocenters. The van der Waals surface area contributed by atoms with Gasteiger partial charge in [-0.15, -0.1) is 22.7 Å². The van der Waals surface area contributed by atoms with Crippen molar-refractivity contribution in [1.29, 1.82) is 0 Å². The third kappa shape index (κ3) is 2.37. The van der Waals surface area contributed by atoms with Crippen LogP contribution in [0.3, 0.4) is 0 Å². The van der Waals surface area contributed by atoms with E-state index in [1.54, 1.807) is 29.8 Å². The second kappa shape index (κ2) is 5.21. The van der Waals surface area contributed by atoms with Crippen molar-refractivity contribution >= 4 is 54.5 Å². The SMILES string of the molecule is COc1ccsc1C(Br)c1cc(C)c(Br)s1. The molecular formula is C11H10Br2OS2. The van der Waals surface area contributed by atoms with Crippen LogP contribution in [0, 0.1) is 6.92 Å². The zero-order valence-corrected chi connectivity index (χ0v) is 13.6. The zero-order chi connectivity index (χ0) is 11.7. The van der Waals surface area contributed by atoms with Crippen LogP contribution in [0.25, 0.3) is 0 Å². The highest BCUT2D eigenvalue weighted by molar-refractivity contribution is 9.11. The number of alkyl halides is 1. The molecule has 0 aromatic carbocycles. The Hall–Kier alpha value is 0.160. The van der Waals surface area contributed by atoms with Gasteiger partial charge in [0.05, 0.1) is 20.6 Å². The molecule has 1 atom stereocenters. The van der Waals surface area contributed by atoms with Crippen LogP contribution >= 0.6 is 54.5 Å². The lowest BCUT2D eigenvalue weighted by Gasteiger charge is -2.07. The molecule has 2 aromatic heterocycles. The van der Waals surface area contributed by atoms with Crippen LogP contribution in [0.1, 0.15) is 20.1 Å². The van der Waals surface area contributed by atoms with Crippen molar-refractivity contribution in [2.75, 3.05) is 7.11 Å². The van der Waals surface area contributed by atoms with Crippen molar-refractivity contribution in [3.05, 3.63) is 36.6 Å². The van der Waals surface area contributed by atoms with E-state index in [1.807, 2.05) is 6.07 Å². The Morgan fingerprint density at radius 3 is 2.75 bits per heavy atom. The maximum atomic E-state index is 5.34. The smallest absolute Gasteiger partial charge is 0.134 e. The number of thiophene rings is 2. The minimum atomic E-state index is 0.220. The predicted molar refractivity (Wildman–Crippen MR) is 78.4 cm³/mol. The molecule has 0 saturated carbocycles. The lowest BCUT2D eigenvalue weighted by atomic mass is 10.2. The molecule has 0 spiro atoms. The largest absolute Gasteiger partial charge is 0.496 e. The minimum Gasteiger partial charge on any atom is -0.496 e. The molecule has 86 valence electrons. The Bertz CT molecular complexity index is 470. The fourth-order valence-electron chi connectivity index (χ4n) is 1.40. The van der Waals surface area contributed by atoms with Crippen molar-refractivity contribution in [2.24, 2.45) is 0 Å². The fourth-order valence-corrected chi connectivity index (χ4v) is 4.85. The van der Waals surface area contributed by atoms with Crippen LogP contribution in [0.2, 0.25) is 0 Å². The molecule has 0 saturated heterocycles. The summed E-state index contributed by atoms with van der Waals surface area (Å²) < 4.78 is 6.54. The van der Waals surface area contributed by atoms with E-state index >= 15 is 0 Å². The monoisotopic (exact) mass is 380 g/mol. The van der Waals surface area contributed by atoms with Gasteiger partial charge in [-0.05, 0) is 45.9 Å². The van der Waals surface area contributed by atoms with Crippen molar-refractivity contribution in [3.63, 3.8) is 0 Å². The van der Waals surface area contributed by atoms with Crippen LogP contribution in [0.4, 0.5) is 0 Å². The van der Waals surface area contributed by atoms with Crippen LogP contribution < -0.4 is 4.74 Å². The molecule has 0 fully saturated rings. The van der Waals surface area contributed by atoms with Crippen molar-refractivity contribution in [3.8, 4) is 5.75 Å². The van der Waals surface area contributed by atoms with Gasteiger partial charge in [0.1, 0.15) is 5.75 Å². The molecular weight excluding hydrogens is 372 g/mol. The van der Waals surface area contributed by atoms with Crippen LogP contribution in [0.5, 0.6) is 5.75 Å². The Morgan fingerprint density at radius 2 is 2.19 bits per heavy atom. The predicted octanol–water partition coefficient (Wildman–Crippen LogP) is 5.37. The minimum absolute atomic E-state index is 0.220. The van der Waals surface area contributed by atoms with Crippen LogP contribution in [0.15, 0.2) is 21.3 Å². The van der Waals surface area contributed by atoms with Gasteiger partial charge < -0.3 is 4.74 Å². The van der Waals surface area contributed by atoms with E-state index in [1.165, 1.54) is 19.1 Å². The Balaban J connectivity index is 2.35. The highest BCUT2D eigenvalue weighted by Gasteiger charge is 2.19. The van der Waals surface area contributed by atoms with Crippen molar-refractivity contribution in [2.45, 2.75) is 11.8 Å². The second-order valence-corrected chi connectivity index (χ2v) is 7.59. The number of ether oxygens (including phenoxy) is 1. The highest BCUT2D eigenvalue weighted by atomic mass is 79.9. The summed E-state index contributed by atoms with van der Waals surface area (Å²) in [6.07, 6.45) is 0. The molecule has 0 radical (unpaired) electrons. The molecule has 0 aliphatic rings. The molecule has 0 amide bonds. The normalized spacial score (nSPS) is 12.8. The number of hydrogen-bond donors (Lipinski definition) is 0. The summed E-state index contributed by atoms with van der Waals surface area (Å²) in [4.78, 5) is 2.74. The topological polar surface area (TPSA) is 9.23 Å². The Kier molecular flexibility index (Phi) is 4.11. The van der Waals surface area contributed by atoms with Gasteiger partial charge >= 0.3 is 0 Å². The van der Waals surface area contributed by atoms with Crippen LogP contribution in [-0.4, -0.2) is 7.11 Å². The van der Waals surface area contributed by atoms with E-state index in [0.717, 1.165) is 5.75 Å². The van der Waals surface area contributed by atoms with Gasteiger partial charge in [-0.25, -0.2) is 0 Å². The van der Waals surface area contributed by atoms with E-state index in [0.29, 0.717) is 0 Å². The molecule has 2 heterocycles. The van der Waals surface area contributed by atoms with Crippen molar-refractivity contribution in [1.82, 2.24) is 0 Å². The molecule has 2 aromatic rings. The first-order valence-corrected chi connectivity index (χ1v) is 8.05. The molecule has 2 rings (SSSR count). The Morgan fingerprint density at radius 1 is 1.44 bits per heavy atom. The molecule has 1 nitrogen and oxygen atoms in total. The first-order chi connectivity index (χ1) is 7.63.